The third-order valence-corrected chi connectivity index (χ3v) is 6.87. The number of sulfonamides is 1. The van der Waals surface area contributed by atoms with Gasteiger partial charge in [-0.1, -0.05) is 6.07 Å². The Bertz CT molecular complexity index is 1210. The van der Waals surface area contributed by atoms with E-state index in [0.29, 0.717) is 29.1 Å². The van der Waals surface area contributed by atoms with Crippen molar-refractivity contribution in [2.45, 2.75) is 17.7 Å². The molecule has 1 saturated heterocycles. The molecule has 10 heteroatoms. The first-order valence-electron chi connectivity index (χ1n) is 10.3. The molecule has 0 amide bonds. The van der Waals surface area contributed by atoms with E-state index in [-0.39, 0.29) is 18.1 Å². The maximum atomic E-state index is 14.8. The third-order valence-electron chi connectivity index (χ3n) is 5.38. The van der Waals surface area contributed by atoms with Gasteiger partial charge in [-0.25, -0.2) is 27.5 Å². The number of nitrogen functional groups attached to an aromatic ring is 1. The minimum absolute atomic E-state index is 0.101. The van der Waals surface area contributed by atoms with Gasteiger partial charge in [-0.15, -0.1) is 0 Å². The van der Waals surface area contributed by atoms with E-state index in [9.17, 15) is 17.9 Å². The molecular weight excluding hydrogens is 433 g/mol. The molecule has 0 spiro atoms. The van der Waals surface area contributed by atoms with Crippen LogP contribution in [-0.4, -0.2) is 54.6 Å². The number of nitrogens with two attached hydrogens (primary N) is 1. The topological polar surface area (TPSA) is 121 Å². The Balaban J connectivity index is 1.55. The van der Waals surface area contributed by atoms with Crippen molar-refractivity contribution in [3.05, 3.63) is 54.5 Å². The maximum Gasteiger partial charge on any atom is 0.243 e. The standard InChI is InChI=1S/C22H24FN5O3S/c23-18-13-16(5-8-20(18)32(30,31)26-9-12-28-10-1-2-11-28)19-14-25-22(24)21(27-19)15-3-6-17(29)7-4-15/h3-8,13-14,26,29H,1-2,9-12H2,(H2,24,25). The van der Waals surface area contributed by atoms with Crippen molar-refractivity contribution in [3.8, 4) is 28.3 Å². The molecule has 0 radical (unpaired) electrons. The van der Waals surface area contributed by atoms with Gasteiger partial charge in [-0.3, -0.25) is 0 Å². The summed E-state index contributed by atoms with van der Waals surface area (Å²) in [6, 6.07) is 10.1. The summed E-state index contributed by atoms with van der Waals surface area (Å²) in [5, 5.41) is 9.47. The van der Waals surface area contributed by atoms with E-state index in [1.807, 2.05) is 0 Å². The Hall–Kier alpha value is -3.08. The third kappa shape index (κ3) is 4.87. The number of phenolic OH excluding ortho intramolecular Hbond substituents is 1. The van der Waals surface area contributed by atoms with E-state index in [4.69, 9.17) is 5.73 Å². The molecule has 1 aliphatic rings. The van der Waals surface area contributed by atoms with Gasteiger partial charge in [-0.2, -0.15) is 0 Å². The molecule has 0 saturated carbocycles. The average molecular weight is 458 g/mol. The molecule has 0 atom stereocenters. The van der Waals surface area contributed by atoms with E-state index in [1.165, 1.54) is 30.5 Å². The van der Waals surface area contributed by atoms with Gasteiger partial charge >= 0.3 is 0 Å². The molecule has 1 aliphatic heterocycles. The maximum absolute atomic E-state index is 14.8. The van der Waals surface area contributed by atoms with Crippen LogP contribution in [0.25, 0.3) is 22.5 Å². The number of aromatic hydroxyl groups is 1. The van der Waals surface area contributed by atoms with Gasteiger partial charge in [0.15, 0.2) is 0 Å². The normalized spacial score (nSPS) is 14.7. The Kier molecular flexibility index (Phi) is 6.35. The van der Waals surface area contributed by atoms with Crippen LogP contribution >= 0.6 is 0 Å². The van der Waals surface area contributed by atoms with Gasteiger partial charge in [0.1, 0.15) is 28.0 Å². The van der Waals surface area contributed by atoms with Crippen molar-refractivity contribution < 1.29 is 17.9 Å². The van der Waals surface area contributed by atoms with Crippen molar-refractivity contribution in [3.63, 3.8) is 0 Å². The van der Waals surface area contributed by atoms with E-state index < -0.39 is 20.7 Å². The van der Waals surface area contributed by atoms with Crippen LogP contribution in [0.5, 0.6) is 5.75 Å². The van der Waals surface area contributed by atoms with Crippen molar-refractivity contribution in [1.82, 2.24) is 19.6 Å². The highest BCUT2D eigenvalue weighted by molar-refractivity contribution is 7.89. The Morgan fingerprint density at radius 1 is 1.09 bits per heavy atom. The average Bonchev–Trinajstić information content (AvgIpc) is 3.28. The first-order chi connectivity index (χ1) is 15.3. The van der Waals surface area contributed by atoms with Crippen LogP contribution < -0.4 is 10.5 Å². The summed E-state index contributed by atoms with van der Waals surface area (Å²) in [5.74, 6) is -0.591. The number of likely N-dealkylation sites (tertiary alicyclic amines) is 1. The lowest BCUT2D eigenvalue weighted by Gasteiger charge is -2.15. The van der Waals surface area contributed by atoms with Crippen LogP contribution in [0.2, 0.25) is 0 Å². The molecule has 0 unspecified atom stereocenters. The number of phenols is 1. The zero-order valence-corrected chi connectivity index (χ0v) is 18.1. The van der Waals surface area contributed by atoms with Crippen molar-refractivity contribution >= 4 is 15.8 Å². The number of benzene rings is 2. The molecule has 168 valence electrons. The van der Waals surface area contributed by atoms with E-state index >= 15 is 0 Å². The first kappa shape index (κ1) is 22.1. The number of halogens is 1. The lowest BCUT2D eigenvalue weighted by atomic mass is 10.1. The summed E-state index contributed by atoms with van der Waals surface area (Å²) in [6.07, 6.45) is 3.63. The van der Waals surface area contributed by atoms with Gasteiger partial charge in [0.05, 0.1) is 11.9 Å². The molecule has 0 aliphatic carbocycles. The largest absolute Gasteiger partial charge is 0.508 e. The predicted octanol–water partition coefficient (Wildman–Crippen LogP) is 2.61. The number of hydrogen-bond donors (Lipinski definition) is 3. The second-order valence-corrected chi connectivity index (χ2v) is 9.36. The quantitative estimate of drug-likeness (QED) is 0.499. The monoisotopic (exact) mass is 457 g/mol. The highest BCUT2D eigenvalue weighted by atomic mass is 32.2. The van der Waals surface area contributed by atoms with Crippen molar-refractivity contribution in [2.24, 2.45) is 0 Å². The fraction of sp³-hybridized carbons (Fsp3) is 0.273. The number of anilines is 1. The number of rotatable bonds is 7. The van der Waals surface area contributed by atoms with Crippen molar-refractivity contribution in [2.75, 3.05) is 31.9 Å². The van der Waals surface area contributed by atoms with Crippen LogP contribution in [0, 0.1) is 5.82 Å². The van der Waals surface area contributed by atoms with Crippen LogP contribution in [0.3, 0.4) is 0 Å². The predicted molar refractivity (Wildman–Crippen MR) is 120 cm³/mol. The molecule has 4 rings (SSSR count). The lowest BCUT2D eigenvalue weighted by molar-refractivity contribution is 0.344. The Morgan fingerprint density at radius 3 is 2.47 bits per heavy atom. The second kappa shape index (κ2) is 9.19. The van der Waals surface area contributed by atoms with Crippen LogP contribution in [-0.2, 0) is 10.0 Å². The SMILES string of the molecule is Nc1ncc(-c2ccc(S(=O)(=O)NCCN3CCCC3)c(F)c2)nc1-c1ccc(O)cc1. The van der Waals surface area contributed by atoms with Gasteiger partial charge in [0.2, 0.25) is 10.0 Å². The molecule has 32 heavy (non-hydrogen) atoms. The fourth-order valence-corrected chi connectivity index (χ4v) is 4.75. The van der Waals surface area contributed by atoms with Gasteiger partial charge in [0, 0.05) is 24.2 Å². The number of nitrogens with zero attached hydrogens (tertiary/aromatic N) is 3. The molecular formula is C22H24FN5O3S. The number of hydrogen-bond acceptors (Lipinski definition) is 7. The van der Waals surface area contributed by atoms with Gasteiger partial charge < -0.3 is 15.7 Å². The zero-order valence-electron chi connectivity index (χ0n) is 17.3. The highest BCUT2D eigenvalue weighted by Crippen LogP contribution is 2.28. The van der Waals surface area contributed by atoms with Gasteiger partial charge in [0.25, 0.3) is 0 Å². The van der Waals surface area contributed by atoms with Crippen molar-refractivity contribution in [1.29, 1.82) is 0 Å². The molecule has 1 fully saturated rings. The molecule has 2 heterocycles. The van der Waals surface area contributed by atoms with Gasteiger partial charge in [-0.05, 0) is 62.3 Å². The summed E-state index contributed by atoms with van der Waals surface area (Å²) >= 11 is 0. The zero-order chi connectivity index (χ0) is 22.7. The smallest absolute Gasteiger partial charge is 0.243 e. The molecule has 8 nitrogen and oxygen atoms in total. The summed E-state index contributed by atoms with van der Waals surface area (Å²) in [4.78, 5) is 10.4. The Labute approximate surface area is 186 Å². The molecule has 4 N–H and O–H groups in total. The van der Waals surface area contributed by atoms with E-state index in [0.717, 1.165) is 32.0 Å². The van der Waals surface area contributed by atoms with Crippen LogP contribution in [0.4, 0.5) is 10.2 Å². The summed E-state index contributed by atoms with van der Waals surface area (Å²) in [7, 11) is -3.97. The van der Waals surface area contributed by atoms with Crippen LogP contribution in [0.15, 0.2) is 53.6 Å². The minimum atomic E-state index is -3.97. The molecule has 2 aromatic carbocycles. The lowest BCUT2D eigenvalue weighted by Crippen LogP contribution is -2.33. The fourth-order valence-electron chi connectivity index (χ4n) is 3.67. The summed E-state index contributed by atoms with van der Waals surface area (Å²) < 4.78 is 42.3. The first-order valence-corrected chi connectivity index (χ1v) is 11.8. The molecule has 3 aromatic rings. The van der Waals surface area contributed by atoms with Crippen LogP contribution in [0.1, 0.15) is 12.8 Å². The Morgan fingerprint density at radius 2 is 1.78 bits per heavy atom. The second-order valence-electron chi connectivity index (χ2n) is 7.63. The molecule has 1 aromatic heterocycles. The highest BCUT2D eigenvalue weighted by Gasteiger charge is 2.21. The van der Waals surface area contributed by atoms with E-state index in [1.54, 1.807) is 12.1 Å². The summed E-state index contributed by atoms with van der Waals surface area (Å²) in [5.41, 5.74) is 7.66. The summed E-state index contributed by atoms with van der Waals surface area (Å²) in [6.45, 7) is 2.74. The van der Waals surface area contributed by atoms with E-state index in [2.05, 4.69) is 19.6 Å². The molecule has 0 bridgehead atoms. The number of aromatic nitrogens is 2. The minimum Gasteiger partial charge on any atom is -0.508 e. The number of nitrogens with one attached hydrogen (secondary N) is 1.